The lowest BCUT2D eigenvalue weighted by atomic mass is 10.1. The van der Waals surface area contributed by atoms with E-state index >= 15 is 0 Å². The van der Waals surface area contributed by atoms with E-state index in [4.69, 9.17) is 0 Å². The quantitative estimate of drug-likeness (QED) is 0.695. The predicted molar refractivity (Wildman–Crippen MR) is 72.1 cm³/mol. The number of hydrogen-bond donors (Lipinski definition) is 1. The number of carbonyl (C=O) groups is 1. The number of hydrogen-bond acceptors (Lipinski definition) is 3. The molecule has 0 atom stereocenters. The highest BCUT2D eigenvalue weighted by Gasteiger charge is 2.26. The second kappa shape index (κ2) is 5.66. The summed E-state index contributed by atoms with van der Waals surface area (Å²) in [6, 6.07) is 8.00. The Morgan fingerprint density at radius 1 is 1.19 bits per heavy atom. The molecule has 0 bridgehead atoms. The molecule has 0 radical (unpaired) electrons. The maximum atomic E-state index is 13.9. The third-order valence-electron chi connectivity index (χ3n) is 2.89. The number of para-hydroxylation sites is 1. The number of aryl methyl sites for hydroxylation is 1. The van der Waals surface area contributed by atoms with Crippen LogP contribution in [0.5, 0.6) is 0 Å². The van der Waals surface area contributed by atoms with Crippen LogP contribution in [0.3, 0.4) is 0 Å². The van der Waals surface area contributed by atoms with Crippen LogP contribution < -0.4 is 5.32 Å². The lowest BCUT2D eigenvalue weighted by Crippen LogP contribution is -2.17. The summed E-state index contributed by atoms with van der Waals surface area (Å²) in [6.07, 6.45) is 0. The first-order valence-corrected chi connectivity index (χ1v) is 5.91. The summed E-state index contributed by atoms with van der Waals surface area (Å²) in [6.45, 7) is 1.70. The van der Waals surface area contributed by atoms with Gasteiger partial charge >= 0.3 is 5.69 Å². The van der Waals surface area contributed by atoms with Crippen LogP contribution in [0.2, 0.25) is 0 Å². The van der Waals surface area contributed by atoms with Gasteiger partial charge in [-0.2, -0.15) is 4.39 Å². The van der Waals surface area contributed by atoms with Crippen molar-refractivity contribution < 1.29 is 18.5 Å². The molecular formula is C14H10F2N2O3. The SMILES string of the molecule is Cc1ccccc1NC(=O)c1c(F)ccc([N+](=O)[O-])c1F. The topological polar surface area (TPSA) is 72.2 Å². The van der Waals surface area contributed by atoms with Crippen molar-refractivity contribution in [1.29, 1.82) is 0 Å². The molecule has 108 valence electrons. The van der Waals surface area contributed by atoms with Gasteiger partial charge in [0.1, 0.15) is 11.4 Å². The Morgan fingerprint density at radius 2 is 1.86 bits per heavy atom. The maximum absolute atomic E-state index is 13.9. The Kier molecular flexibility index (Phi) is 3.93. The van der Waals surface area contributed by atoms with Crippen molar-refractivity contribution in [3.63, 3.8) is 0 Å². The van der Waals surface area contributed by atoms with E-state index in [0.717, 1.165) is 0 Å². The normalized spacial score (nSPS) is 10.2. The molecule has 1 amide bonds. The van der Waals surface area contributed by atoms with Gasteiger partial charge in [-0.1, -0.05) is 18.2 Å². The van der Waals surface area contributed by atoms with Gasteiger partial charge in [-0.3, -0.25) is 14.9 Å². The average molecular weight is 292 g/mol. The van der Waals surface area contributed by atoms with Crippen LogP contribution in [0.25, 0.3) is 0 Å². The molecule has 5 nitrogen and oxygen atoms in total. The van der Waals surface area contributed by atoms with Crippen LogP contribution in [-0.4, -0.2) is 10.8 Å². The zero-order valence-electron chi connectivity index (χ0n) is 10.9. The van der Waals surface area contributed by atoms with E-state index < -0.39 is 33.7 Å². The van der Waals surface area contributed by atoms with Gasteiger partial charge < -0.3 is 5.32 Å². The minimum atomic E-state index is -1.49. The molecule has 0 heterocycles. The van der Waals surface area contributed by atoms with E-state index in [0.29, 0.717) is 23.4 Å². The van der Waals surface area contributed by atoms with Crippen molar-refractivity contribution in [3.05, 3.63) is 69.3 Å². The Balaban J connectivity index is 2.42. The van der Waals surface area contributed by atoms with Crippen molar-refractivity contribution >= 4 is 17.3 Å². The zero-order valence-corrected chi connectivity index (χ0v) is 10.9. The Bertz CT molecular complexity index is 732. The van der Waals surface area contributed by atoms with E-state index in [-0.39, 0.29) is 0 Å². The first kappa shape index (κ1) is 14.6. The number of amides is 1. The molecule has 0 aliphatic rings. The molecule has 2 aromatic carbocycles. The third kappa shape index (κ3) is 2.86. The van der Waals surface area contributed by atoms with Crippen LogP contribution in [0, 0.1) is 28.7 Å². The van der Waals surface area contributed by atoms with Crippen LogP contribution in [0.4, 0.5) is 20.2 Å². The van der Waals surface area contributed by atoms with Gasteiger partial charge in [0.05, 0.1) is 4.92 Å². The Morgan fingerprint density at radius 3 is 2.48 bits per heavy atom. The second-order valence-corrected chi connectivity index (χ2v) is 4.28. The summed E-state index contributed by atoms with van der Waals surface area (Å²) in [5, 5.41) is 13.0. The maximum Gasteiger partial charge on any atom is 0.305 e. The molecular weight excluding hydrogens is 282 g/mol. The number of nitro groups is 1. The van der Waals surface area contributed by atoms with Gasteiger partial charge in [0.25, 0.3) is 5.91 Å². The summed E-state index contributed by atoms with van der Waals surface area (Å²) < 4.78 is 27.5. The van der Waals surface area contributed by atoms with E-state index in [1.54, 1.807) is 31.2 Å². The molecule has 1 N–H and O–H groups in total. The number of halogens is 2. The summed E-state index contributed by atoms with van der Waals surface area (Å²) in [7, 11) is 0. The highest BCUT2D eigenvalue weighted by Crippen LogP contribution is 2.24. The van der Waals surface area contributed by atoms with Gasteiger partial charge in [0.15, 0.2) is 0 Å². The van der Waals surface area contributed by atoms with E-state index in [9.17, 15) is 23.7 Å². The van der Waals surface area contributed by atoms with E-state index in [1.807, 2.05) is 0 Å². The van der Waals surface area contributed by atoms with E-state index in [2.05, 4.69) is 5.32 Å². The molecule has 0 aromatic heterocycles. The number of anilines is 1. The molecule has 0 aliphatic carbocycles. The smallest absolute Gasteiger partial charge is 0.305 e. The van der Waals surface area contributed by atoms with Crippen molar-refractivity contribution in [2.45, 2.75) is 6.92 Å². The van der Waals surface area contributed by atoms with Gasteiger partial charge in [-0.15, -0.1) is 0 Å². The fourth-order valence-electron chi connectivity index (χ4n) is 1.79. The average Bonchev–Trinajstić information content (AvgIpc) is 2.41. The molecule has 2 aromatic rings. The Labute approximate surface area is 118 Å². The van der Waals surface area contributed by atoms with Crippen LogP contribution >= 0.6 is 0 Å². The van der Waals surface area contributed by atoms with Crippen molar-refractivity contribution in [3.8, 4) is 0 Å². The zero-order chi connectivity index (χ0) is 15.6. The van der Waals surface area contributed by atoms with Crippen molar-refractivity contribution in [1.82, 2.24) is 0 Å². The number of nitrogens with zero attached hydrogens (tertiary/aromatic N) is 1. The number of carbonyl (C=O) groups excluding carboxylic acids is 1. The summed E-state index contributed by atoms with van der Waals surface area (Å²) in [5.41, 5.74) is -0.872. The molecule has 0 spiro atoms. The van der Waals surface area contributed by atoms with Gasteiger partial charge in [0, 0.05) is 11.8 Å². The minimum Gasteiger partial charge on any atom is -0.322 e. The molecule has 2 rings (SSSR count). The molecule has 0 unspecified atom stereocenters. The van der Waals surface area contributed by atoms with Gasteiger partial charge in [-0.25, -0.2) is 4.39 Å². The first-order valence-electron chi connectivity index (χ1n) is 5.91. The molecule has 0 fully saturated rings. The summed E-state index contributed by atoms with van der Waals surface area (Å²) in [5.74, 6) is -3.74. The third-order valence-corrected chi connectivity index (χ3v) is 2.89. The van der Waals surface area contributed by atoms with Crippen LogP contribution in [0.1, 0.15) is 15.9 Å². The second-order valence-electron chi connectivity index (χ2n) is 4.28. The summed E-state index contributed by atoms with van der Waals surface area (Å²) >= 11 is 0. The number of rotatable bonds is 3. The predicted octanol–water partition coefficient (Wildman–Crippen LogP) is 3.43. The number of nitrogens with one attached hydrogen (secondary N) is 1. The minimum absolute atomic E-state index is 0.368. The lowest BCUT2D eigenvalue weighted by Gasteiger charge is -2.09. The van der Waals surface area contributed by atoms with Gasteiger partial charge in [0.2, 0.25) is 5.82 Å². The Hall–Kier alpha value is -2.83. The molecule has 0 saturated heterocycles. The van der Waals surface area contributed by atoms with Crippen molar-refractivity contribution in [2.75, 3.05) is 5.32 Å². The molecule has 0 aliphatic heterocycles. The van der Waals surface area contributed by atoms with Crippen LogP contribution in [-0.2, 0) is 0 Å². The number of benzene rings is 2. The molecule has 21 heavy (non-hydrogen) atoms. The molecule has 0 saturated carbocycles. The van der Waals surface area contributed by atoms with E-state index in [1.165, 1.54) is 0 Å². The largest absolute Gasteiger partial charge is 0.322 e. The highest BCUT2D eigenvalue weighted by atomic mass is 19.1. The molecule has 7 heteroatoms. The standard InChI is InChI=1S/C14H10F2N2O3/c1-8-4-2-3-5-10(8)17-14(19)12-9(15)6-7-11(13(12)16)18(20)21/h2-7H,1H3,(H,17,19). The fraction of sp³-hybridized carbons (Fsp3) is 0.0714. The van der Waals surface area contributed by atoms with Gasteiger partial charge in [-0.05, 0) is 24.6 Å². The lowest BCUT2D eigenvalue weighted by molar-refractivity contribution is -0.387. The van der Waals surface area contributed by atoms with Crippen LogP contribution in [0.15, 0.2) is 36.4 Å². The number of nitro benzene ring substituents is 1. The fourth-order valence-corrected chi connectivity index (χ4v) is 1.79. The van der Waals surface area contributed by atoms with Crippen molar-refractivity contribution in [2.24, 2.45) is 0 Å². The summed E-state index contributed by atoms with van der Waals surface area (Å²) in [4.78, 5) is 21.6. The first-order chi connectivity index (χ1) is 9.91. The monoisotopic (exact) mass is 292 g/mol. The highest BCUT2D eigenvalue weighted by molar-refractivity contribution is 6.05.